The molecule has 5 heteroatoms. The third-order valence-electron chi connectivity index (χ3n) is 4.39. The Balaban J connectivity index is 1.81. The van der Waals surface area contributed by atoms with Gasteiger partial charge in [0, 0.05) is 24.0 Å². The van der Waals surface area contributed by atoms with Crippen LogP contribution in [0.4, 0.5) is 5.00 Å². The van der Waals surface area contributed by atoms with E-state index >= 15 is 0 Å². The van der Waals surface area contributed by atoms with Crippen molar-refractivity contribution in [3.05, 3.63) is 16.0 Å². The van der Waals surface area contributed by atoms with Gasteiger partial charge in [-0.05, 0) is 24.8 Å². The molecule has 3 rings (SSSR count). The van der Waals surface area contributed by atoms with Gasteiger partial charge in [-0.25, -0.2) is 0 Å². The monoisotopic (exact) mass is 277 g/mol. The smallest absolute Gasteiger partial charge is 0.104 e. The third-order valence-corrected chi connectivity index (χ3v) is 5.43. The van der Waals surface area contributed by atoms with Gasteiger partial charge in [-0.3, -0.25) is 4.90 Å². The van der Waals surface area contributed by atoms with E-state index in [0.717, 1.165) is 44.3 Å². The van der Waals surface area contributed by atoms with Crippen LogP contribution in [0.3, 0.4) is 0 Å². The summed E-state index contributed by atoms with van der Waals surface area (Å²) in [5.74, 6) is 0. The van der Waals surface area contributed by atoms with Crippen molar-refractivity contribution in [1.29, 1.82) is 5.26 Å². The molecule has 4 nitrogen and oxygen atoms in total. The van der Waals surface area contributed by atoms with E-state index in [9.17, 15) is 5.11 Å². The highest BCUT2D eigenvalue weighted by Gasteiger charge is 2.32. The summed E-state index contributed by atoms with van der Waals surface area (Å²) in [6.07, 6.45) is 5.05. The number of aliphatic hydroxyl groups is 1. The van der Waals surface area contributed by atoms with Crippen molar-refractivity contribution in [2.75, 3.05) is 12.3 Å². The summed E-state index contributed by atoms with van der Waals surface area (Å²) in [4.78, 5) is 3.60. The molecule has 2 heterocycles. The summed E-state index contributed by atoms with van der Waals surface area (Å²) >= 11 is 1.54. The van der Waals surface area contributed by atoms with E-state index < -0.39 is 0 Å². The van der Waals surface area contributed by atoms with Gasteiger partial charge in [0.05, 0.1) is 11.7 Å². The van der Waals surface area contributed by atoms with Gasteiger partial charge in [-0.1, -0.05) is 12.8 Å². The molecule has 1 aliphatic carbocycles. The average molecular weight is 277 g/mol. The first-order valence-corrected chi connectivity index (χ1v) is 7.74. The number of anilines is 1. The van der Waals surface area contributed by atoms with E-state index in [1.807, 2.05) is 0 Å². The normalized spacial score (nSPS) is 27.8. The number of nitriles is 1. The third kappa shape index (κ3) is 2.25. The highest BCUT2D eigenvalue weighted by molar-refractivity contribution is 7.16. The maximum Gasteiger partial charge on any atom is 0.104 e. The van der Waals surface area contributed by atoms with Gasteiger partial charge in [0.25, 0.3) is 0 Å². The molecule has 0 radical (unpaired) electrons. The molecular weight excluding hydrogens is 258 g/mol. The Morgan fingerprint density at radius 1 is 1.37 bits per heavy atom. The van der Waals surface area contributed by atoms with Crippen LogP contribution in [0.2, 0.25) is 0 Å². The first kappa shape index (κ1) is 12.9. The van der Waals surface area contributed by atoms with Gasteiger partial charge in [0.2, 0.25) is 0 Å². The van der Waals surface area contributed by atoms with E-state index in [1.54, 1.807) is 11.3 Å². The Morgan fingerprint density at radius 3 is 2.89 bits per heavy atom. The standard InChI is InChI=1S/C14H19N3OS/c15-7-10-9-5-6-17(8-13(9)19-14(10)16)11-3-1-2-4-12(11)18/h11-12,18H,1-6,8,16H2. The molecule has 3 N–H and O–H groups in total. The lowest BCUT2D eigenvalue weighted by atomic mass is 9.90. The average Bonchev–Trinajstić information content (AvgIpc) is 2.73. The minimum Gasteiger partial charge on any atom is -0.391 e. The van der Waals surface area contributed by atoms with Crippen LogP contribution in [0.15, 0.2) is 0 Å². The van der Waals surface area contributed by atoms with Gasteiger partial charge >= 0.3 is 0 Å². The summed E-state index contributed by atoms with van der Waals surface area (Å²) in [5.41, 5.74) is 7.74. The van der Waals surface area contributed by atoms with E-state index in [0.29, 0.717) is 10.6 Å². The molecule has 1 aliphatic heterocycles. The van der Waals surface area contributed by atoms with Crippen LogP contribution in [0, 0.1) is 11.3 Å². The van der Waals surface area contributed by atoms with Crippen molar-refractivity contribution in [3.63, 3.8) is 0 Å². The molecule has 2 aliphatic rings. The van der Waals surface area contributed by atoms with Gasteiger partial charge in [0.15, 0.2) is 0 Å². The Kier molecular flexibility index (Phi) is 3.48. The summed E-state index contributed by atoms with van der Waals surface area (Å²) in [6, 6.07) is 2.51. The van der Waals surface area contributed by atoms with Crippen molar-refractivity contribution >= 4 is 16.3 Å². The minimum absolute atomic E-state index is 0.192. The number of nitrogens with two attached hydrogens (primary N) is 1. The second-order valence-corrected chi connectivity index (χ2v) is 6.63. The lowest BCUT2D eigenvalue weighted by Gasteiger charge is -2.39. The fourth-order valence-electron chi connectivity index (χ4n) is 3.37. The number of rotatable bonds is 1. The predicted molar refractivity (Wildman–Crippen MR) is 75.8 cm³/mol. The molecule has 19 heavy (non-hydrogen) atoms. The van der Waals surface area contributed by atoms with Gasteiger partial charge < -0.3 is 10.8 Å². The molecule has 0 aromatic carbocycles. The number of fused-ring (bicyclic) bond motifs is 1. The fraction of sp³-hybridized carbons (Fsp3) is 0.643. The number of nitrogen functional groups attached to an aromatic ring is 1. The second-order valence-electron chi connectivity index (χ2n) is 5.49. The summed E-state index contributed by atoms with van der Waals surface area (Å²) < 4.78 is 0. The molecule has 0 saturated heterocycles. The Hall–Kier alpha value is -1.09. The van der Waals surface area contributed by atoms with Crippen LogP contribution in [0.1, 0.15) is 41.7 Å². The van der Waals surface area contributed by atoms with Crippen molar-refractivity contribution in [2.24, 2.45) is 0 Å². The van der Waals surface area contributed by atoms with E-state index in [2.05, 4.69) is 11.0 Å². The molecule has 2 unspecified atom stereocenters. The van der Waals surface area contributed by atoms with Crippen molar-refractivity contribution in [3.8, 4) is 6.07 Å². The van der Waals surface area contributed by atoms with Crippen LogP contribution in [0.5, 0.6) is 0 Å². The number of hydrogen-bond donors (Lipinski definition) is 2. The highest BCUT2D eigenvalue weighted by Crippen LogP contribution is 2.36. The van der Waals surface area contributed by atoms with E-state index in [1.165, 1.54) is 11.3 Å². The summed E-state index contributed by atoms with van der Waals surface area (Å²) in [6.45, 7) is 1.77. The van der Waals surface area contributed by atoms with E-state index in [-0.39, 0.29) is 12.1 Å². The second kappa shape index (κ2) is 5.12. The highest BCUT2D eigenvalue weighted by atomic mass is 32.1. The van der Waals surface area contributed by atoms with Crippen LogP contribution in [-0.2, 0) is 13.0 Å². The molecule has 1 aromatic rings. The lowest BCUT2D eigenvalue weighted by molar-refractivity contribution is 0.0138. The van der Waals surface area contributed by atoms with Crippen molar-refractivity contribution < 1.29 is 5.11 Å². The number of aliphatic hydroxyl groups excluding tert-OH is 1. The van der Waals surface area contributed by atoms with Crippen LogP contribution >= 0.6 is 11.3 Å². The van der Waals surface area contributed by atoms with Gasteiger partial charge in [-0.2, -0.15) is 5.26 Å². The number of thiophene rings is 1. The maximum absolute atomic E-state index is 10.2. The van der Waals surface area contributed by atoms with Crippen molar-refractivity contribution in [2.45, 2.75) is 50.8 Å². The predicted octanol–water partition coefficient (Wildman–Crippen LogP) is 1.86. The van der Waals surface area contributed by atoms with Gasteiger partial charge in [0.1, 0.15) is 11.1 Å². The first-order chi connectivity index (χ1) is 9.20. The Labute approximate surface area is 117 Å². The summed E-state index contributed by atoms with van der Waals surface area (Å²) in [5, 5.41) is 20.0. The molecule has 1 aromatic heterocycles. The minimum atomic E-state index is -0.192. The molecule has 2 atom stereocenters. The molecule has 102 valence electrons. The molecule has 0 spiro atoms. The number of nitrogens with zero attached hydrogens (tertiary/aromatic N) is 2. The van der Waals surface area contributed by atoms with Crippen LogP contribution < -0.4 is 5.73 Å². The zero-order valence-electron chi connectivity index (χ0n) is 10.9. The molecule has 0 amide bonds. The SMILES string of the molecule is N#Cc1c(N)sc2c1CCN(C1CCCCC1O)C2. The molecular formula is C14H19N3OS. The van der Waals surface area contributed by atoms with Crippen LogP contribution in [0.25, 0.3) is 0 Å². The maximum atomic E-state index is 10.2. The fourth-order valence-corrected chi connectivity index (χ4v) is 4.46. The largest absolute Gasteiger partial charge is 0.391 e. The lowest BCUT2D eigenvalue weighted by Crippen LogP contribution is -2.47. The van der Waals surface area contributed by atoms with Gasteiger partial charge in [-0.15, -0.1) is 11.3 Å². The Bertz CT molecular complexity index is 519. The molecule has 1 saturated carbocycles. The zero-order chi connectivity index (χ0) is 13.4. The number of hydrogen-bond acceptors (Lipinski definition) is 5. The molecule has 1 fully saturated rings. The van der Waals surface area contributed by atoms with Crippen LogP contribution in [-0.4, -0.2) is 28.7 Å². The first-order valence-electron chi connectivity index (χ1n) is 6.93. The van der Waals surface area contributed by atoms with Crippen molar-refractivity contribution in [1.82, 2.24) is 4.90 Å². The summed E-state index contributed by atoms with van der Waals surface area (Å²) in [7, 11) is 0. The topological polar surface area (TPSA) is 73.3 Å². The molecule has 0 bridgehead atoms. The van der Waals surface area contributed by atoms with E-state index in [4.69, 9.17) is 11.0 Å². The quantitative estimate of drug-likeness (QED) is 0.822. The zero-order valence-corrected chi connectivity index (χ0v) is 11.7. The Morgan fingerprint density at radius 2 is 2.16 bits per heavy atom.